The molecule has 0 N–H and O–H groups in total. The summed E-state index contributed by atoms with van der Waals surface area (Å²) in [5, 5.41) is 0. The van der Waals surface area contributed by atoms with Gasteiger partial charge >= 0.3 is 24.0 Å². The van der Waals surface area contributed by atoms with Gasteiger partial charge in [0.25, 0.3) is 11.3 Å². The highest BCUT2D eigenvalue weighted by atomic mass is 16.6. The second kappa shape index (κ2) is 8.56. The Balaban J connectivity index is 1.93. The largest absolute Gasteiger partial charge is 0.463 e. The number of carbonyl (C=O) groups is 4. The van der Waals surface area contributed by atoms with Crippen molar-refractivity contribution in [1.82, 2.24) is 29.4 Å². The Morgan fingerprint density at radius 3 is 1.24 bits per heavy atom. The minimum atomic E-state index is -1.96. The lowest BCUT2D eigenvalue weighted by atomic mass is 9.89. The molecule has 0 aromatic heterocycles. The quantitative estimate of drug-likeness (QED) is 0.469. The van der Waals surface area contributed by atoms with Crippen LogP contribution in [0.5, 0.6) is 0 Å². The van der Waals surface area contributed by atoms with Crippen LogP contribution in [0.1, 0.15) is 41.5 Å². The summed E-state index contributed by atoms with van der Waals surface area (Å²) in [6, 6.07) is -0.990. The first kappa shape index (κ1) is 24.5. The van der Waals surface area contributed by atoms with E-state index in [2.05, 4.69) is 0 Å². The van der Waals surface area contributed by atoms with Gasteiger partial charge in [-0.1, -0.05) is 27.7 Å². The van der Waals surface area contributed by atoms with Crippen molar-refractivity contribution in [3.05, 3.63) is 0 Å². The van der Waals surface area contributed by atoms with Crippen molar-refractivity contribution in [2.75, 3.05) is 53.0 Å². The Labute approximate surface area is 200 Å². The van der Waals surface area contributed by atoms with Crippen molar-refractivity contribution in [1.29, 1.82) is 0 Å². The molecule has 4 aliphatic heterocycles. The van der Waals surface area contributed by atoms with Crippen molar-refractivity contribution >= 4 is 24.0 Å². The van der Waals surface area contributed by atoms with Gasteiger partial charge in [-0.3, -0.25) is 29.4 Å². The molecule has 4 fully saturated rings. The highest BCUT2D eigenvalue weighted by Gasteiger charge is 2.89. The second-order valence-electron chi connectivity index (χ2n) is 10.1. The predicted molar refractivity (Wildman–Crippen MR) is 119 cm³/mol. The molecule has 4 rings (SSSR count). The SMILES string of the molecule is CCOC(=O)C12N3CN(CC(C)C)CN1C(=O)N1CN(CC(C)C)CN(C3=O)C12C(=O)OCC. The van der Waals surface area contributed by atoms with E-state index in [9.17, 15) is 19.2 Å². The van der Waals surface area contributed by atoms with Gasteiger partial charge < -0.3 is 9.47 Å². The van der Waals surface area contributed by atoms with Crippen LogP contribution in [0, 0.1) is 11.8 Å². The molecule has 0 saturated carbocycles. The van der Waals surface area contributed by atoms with Gasteiger partial charge in [0.2, 0.25) is 0 Å². The first-order chi connectivity index (χ1) is 16.1. The topological polar surface area (TPSA) is 106 Å². The van der Waals surface area contributed by atoms with Crippen molar-refractivity contribution in [2.24, 2.45) is 11.8 Å². The van der Waals surface area contributed by atoms with Crippen molar-refractivity contribution in [3.63, 3.8) is 0 Å². The van der Waals surface area contributed by atoms with Crippen LogP contribution in [0.15, 0.2) is 0 Å². The smallest absolute Gasteiger partial charge is 0.359 e. The Hall–Kier alpha value is -2.60. The van der Waals surface area contributed by atoms with Crippen molar-refractivity contribution in [3.8, 4) is 0 Å². The van der Waals surface area contributed by atoms with Crippen LogP contribution >= 0.6 is 0 Å². The van der Waals surface area contributed by atoms with Crippen LogP contribution in [-0.4, -0.2) is 118 Å². The maximum atomic E-state index is 14.0. The molecule has 0 bridgehead atoms. The molecular weight excluding hydrogens is 444 g/mol. The molecule has 34 heavy (non-hydrogen) atoms. The third kappa shape index (κ3) is 3.03. The average molecular weight is 481 g/mol. The fourth-order valence-electron chi connectivity index (χ4n) is 5.88. The molecule has 12 nitrogen and oxygen atoms in total. The van der Waals surface area contributed by atoms with E-state index in [1.807, 2.05) is 37.5 Å². The predicted octanol–water partition coefficient (Wildman–Crippen LogP) is 0.754. The van der Waals surface area contributed by atoms with Crippen LogP contribution in [0.2, 0.25) is 0 Å². The molecule has 0 radical (unpaired) electrons. The van der Waals surface area contributed by atoms with E-state index in [0.717, 1.165) is 0 Å². The number of rotatable bonds is 8. The first-order valence-corrected chi connectivity index (χ1v) is 12.0. The van der Waals surface area contributed by atoms with Crippen LogP contribution < -0.4 is 0 Å². The van der Waals surface area contributed by atoms with Crippen LogP contribution in [0.3, 0.4) is 0 Å². The third-order valence-electron chi connectivity index (χ3n) is 6.70. The number of nitrogens with zero attached hydrogens (tertiary/aromatic N) is 6. The van der Waals surface area contributed by atoms with Gasteiger partial charge in [0.05, 0.1) is 39.9 Å². The van der Waals surface area contributed by atoms with E-state index in [1.54, 1.807) is 13.8 Å². The molecule has 0 aliphatic carbocycles. The van der Waals surface area contributed by atoms with Gasteiger partial charge in [0.15, 0.2) is 0 Å². The van der Waals surface area contributed by atoms with E-state index in [4.69, 9.17) is 9.47 Å². The number of urea groups is 2. The summed E-state index contributed by atoms with van der Waals surface area (Å²) < 4.78 is 10.9. The molecule has 0 unspecified atom stereocenters. The van der Waals surface area contributed by atoms with Crippen molar-refractivity contribution in [2.45, 2.75) is 52.9 Å². The van der Waals surface area contributed by atoms with Gasteiger partial charge in [-0.2, -0.15) is 0 Å². The van der Waals surface area contributed by atoms with E-state index < -0.39 is 35.3 Å². The van der Waals surface area contributed by atoms with Gasteiger partial charge in [-0.15, -0.1) is 0 Å². The summed E-state index contributed by atoms with van der Waals surface area (Å²) >= 11 is 0. The summed E-state index contributed by atoms with van der Waals surface area (Å²) in [5.41, 5.74) is -3.92. The summed E-state index contributed by atoms with van der Waals surface area (Å²) in [6.07, 6.45) is 0. The zero-order chi connectivity index (χ0) is 25.0. The molecule has 4 heterocycles. The number of ether oxygens (including phenoxy) is 2. The van der Waals surface area contributed by atoms with Crippen LogP contribution in [0.25, 0.3) is 0 Å². The van der Waals surface area contributed by atoms with E-state index >= 15 is 0 Å². The molecule has 4 amide bonds. The zero-order valence-electron chi connectivity index (χ0n) is 20.9. The summed E-state index contributed by atoms with van der Waals surface area (Å²) in [5.74, 6) is -1.06. The number of esters is 2. The lowest BCUT2D eigenvalue weighted by Gasteiger charge is -2.51. The molecule has 4 aliphatic rings. The Kier molecular flexibility index (Phi) is 6.17. The van der Waals surface area contributed by atoms with E-state index in [0.29, 0.717) is 13.1 Å². The summed E-state index contributed by atoms with van der Waals surface area (Å²) in [7, 11) is 0. The monoisotopic (exact) mass is 480 g/mol. The van der Waals surface area contributed by atoms with Crippen molar-refractivity contribution < 1.29 is 28.7 Å². The lowest BCUT2D eigenvalue weighted by molar-refractivity contribution is -0.208. The molecule has 0 spiro atoms. The number of hydrogen-bond donors (Lipinski definition) is 0. The highest BCUT2D eigenvalue weighted by Crippen LogP contribution is 2.56. The van der Waals surface area contributed by atoms with Gasteiger partial charge in [0, 0.05) is 13.1 Å². The fraction of sp³-hybridized carbons (Fsp3) is 0.818. The standard InChI is InChI=1S/C22H36N6O6/c1-7-33-17(29)21-22(18(30)34-8-2)27-13-24(10-16(5)6)14-28(22)20(32)26(21)12-23(9-15(3)4)11-25(21)19(27)31/h15-16H,7-14H2,1-6H3. The molecule has 0 aromatic carbocycles. The minimum absolute atomic E-state index is 0.0404. The first-order valence-electron chi connectivity index (χ1n) is 12.0. The van der Waals surface area contributed by atoms with Gasteiger partial charge in [-0.25, -0.2) is 19.2 Å². The van der Waals surface area contributed by atoms with Crippen LogP contribution in [-0.2, 0) is 19.1 Å². The maximum absolute atomic E-state index is 14.0. The molecular formula is C22H36N6O6. The highest BCUT2D eigenvalue weighted by molar-refractivity contribution is 6.09. The van der Waals surface area contributed by atoms with E-state index in [1.165, 1.54) is 19.6 Å². The number of hydrogen-bond acceptors (Lipinski definition) is 8. The molecule has 190 valence electrons. The molecule has 4 saturated heterocycles. The zero-order valence-corrected chi connectivity index (χ0v) is 20.9. The molecule has 0 aromatic rings. The fourth-order valence-corrected chi connectivity index (χ4v) is 5.88. The van der Waals surface area contributed by atoms with E-state index in [-0.39, 0.29) is 51.7 Å². The van der Waals surface area contributed by atoms with Gasteiger partial charge in [0.1, 0.15) is 0 Å². The summed E-state index contributed by atoms with van der Waals surface area (Å²) in [6.45, 7) is 13.1. The Morgan fingerprint density at radius 2 is 1.00 bits per heavy atom. The molecule has 12 heteroatoms. The average Bonchev–Trinajstić information content (AvgIpc) is 3.12. The Morgan fingerprint density at radius 1 is 0.706 bits per heavy atom. The van der Waals surface area contributed by atoms with Crippen LogP contribution in [0.4, 0.5) is 9.59 Å². The van der Waals surface area contributed by atoms with Gasteiger partial charge in [-0.05, 0) is 25.7 Å². The number of carbonyl (C=O) groups excluding carboxylic acids is 4. The summed E-state index contributed by atoms with van der Waals surface area (Å²) in [4.78, 5) is 64.7. The maximum Gasteiger partial charge on any atom is 0.359 e. The molecule has 0 atom stereocenters. The normalized spacial score (nSPS) is 28.9. The second-order valence-corrected chi connectivity index (χ2v) is 10.1. The lowest BCUT2D eigenvalue weighted by Crippen LogP contribution is -2.80. The third-order valence-corrected chi connectivity index (χ3v) is 6.70. The number of amides is 4. The minimum Gasteiger partial charge on any atom is -0.463 e. The Bertz CT molecular complexity index is 776.